The maximum Gasteiger partial charge on any atom is 0.100 e. The molecule has 2 atom stereocenters. The molecular weight excluding hydrogens is 98.1 g/mol. The molecule has 0 spiro atoms. The number of halogens is 2. The minimum Gasteiger partial charge on any atom is -0.248 e. The average Bonchev–Trinajstić information content (AvgIpc) is 1.27. The predicted octanol–water partition coefficient (Wildman–Crippen LogP) is 2.09. The summed E-state index contributed by atoms with van der Waals surface area (Å²) in [6.07, 6.45) is -1.97. The van der Waals surface area contributed by atoms with E-state index in [1.54, 1.807) is 0 Å². The molecular formula is C5H10F2. The van der Waals surface area contributed by atoms with Crippen molar-refractivity contribution in [1.82, 2.24) is 0 Å². The fourth-order valence-corrected chi connectivity index (χ4v) is 0.448. The van der Waals surface area contributed by atoms with Gasteiger partial charge in [-0.3, -0.25) is 0 Å². The van der Waals surface area contributed by atoms with Gasteiger partial charge in [0.05, 0.1) is 0 Å². The van der Waals surface area contributed by atoms with E-state index in [0.29, 0.717) is 0 Å². The predicted molar refractivity (Wildman–Crippen MR) is 25.8 cm³/mol. The monoisotopic (exact) mass is 108 g/mol. The quantitative estimate of drug-likeness (QED) is 0.508. The lowest BCUT2D eigenvalue weighted by molar-refractivity contribution is 0.246. The summed E-state index contributed by atoms with van der Waals surface area (Å²) in [5, 5.41) is 0. The molecule has 0 aliphatic carbocycles. The van der Waals surface area contributed by atoms with Crippen LogP contribution in [0.2, 0.25) is 0 Å². The normalized spacial score (nSPS) is 18.9. The van der Waals surface area contributed by atoms with E-state index in [1.165, 1.54) is 13.8 Å². The maximum atomic E-state index is 11.7. The van der Waals surface area contributed by atoms with Crippen molar-refractivity contribution in [1.29, 1.82) is 0 Å². The average molecular weight is 108 g/mol. The maximum absolute atomic E-state index is 11.7. The molecule has 0 aromatic carbocycles. The first-order valence-electron chi connectivity index (χ1n) is 2.41. The Labute approximate surface area is 42.5 Å². The van der Waals surface area contributed by atoms with Crippen LogP contribution < -0.4 is 0 Å². The van der Waals surface area contributed by atoms with E-state index >= 15 is 0 Å². The topological polar surface area (TPSA) is 0 Å². The highest BCUT2D eigenvalue weighted by atomic mass is 19.1. The van der Waals surface area contributed by atoms with E-state index in [1.807, 2.05) is 0 Å². The van der Waals surface area contributed by atoms with Gasteiger partial charge in [0.25, 0.3) is 0 Å². The first-order valence-corrected chi connectivity index (χ1v) is 2.41. The fraction of sp³-hybridized carbons (Fsp3) is 1.00. The Balaban J connectivity index is 2.95. The molecule has 0 aliphatic rings. The highest BCUT2D eigenvalue weighted by Gasteiger charge is 2.02. The summed E-state index contributed by atoms with van der Waals surface area (Å²) in [7, 11) is 0. The largest absolute Gasteiger partial charge is 0.248 e. The van der Waals surface area contributed by atoms with Gasteiger partial charge in [-0.05, 0) is 13.8 Å². The second kappa shape index (κ2) is 2.94. The van der Waals surface area contributed by atoms with Crippen LogP contribution in [0.15, 0.2) is 0 Å². The van der Waals surface area contributed by atoms with Crippen LogP contribution in [0.5, 0.6) is 0 Å². The number of rotatable bonds is 2. The second-order valence-corrected chi connectivity index (χ2v) is 1.80. The van der Waals surface area contributed by atoms with Gasteiger partial charge < -0.3 is 0 Å². The molecule has 0 aliphatic heterocycles. The second-order valence-electron chi connectivity index (χ2n) is 1.80. The van der Waals surface area contributed by atoms with Crippen LogP contribution in [-0.4, -0.2) is 12.3 Å². The van der Waals surface area contributed by atoms with Gasteiger partial charge in [0, 0.05) is 6.42 Å². The van der Waals surface area contributed by atoms with Gasteiger partial charge in [0.15, 0.2) is 0 Å². The number of alkyl halides is 2. The Bertz CT molecular complexity index is 35.3. The summed E-state index contributed by atoms with van der Waals surface area (Å²) in [6, 6.07) is 0. The van der Waals surface area contributed by atoms with Crippen LogP contribution >= 0.6 is 0 Å². The zero-order valence-electron chi connectivity index (χ0n) is 4.62. The van der Waals surface area contributed by atoms with Gasteiger partial charge in [0.2, 0.25) is 0 Å². The third-order valence-electron chi connectivity index (χ3n) is 0.650. The summed E-state index contributed by atoms with van der Waals surface area (Å²) in [6.45, 7) is 2.71. The standard InChI is InChI=1S/C5H10F2/c1-4(6)3-5(2)7/h4-5H,3H2,1-2H3. The van der Waals surface area contributed by atoms with Crippen LogP contribution in [0.1, 0.15) is 20.3 Å². The minimum atomic E-state index is -1.00. The first kappa shape index (κ1) is 6.86. The van der Waals surface area contributed by atoms with Crippen LogP contribution in [0.3, 0.4) is 0 Å². The molecule has 0 nitrogen and oxygen atoms in total. The van der Waals surface area contributed by atoms with E-state index in [4.69, 9.17) is 0 Å². The molecule has 0 fully saturated rings. The molecule has 0 radical (unpaired) electrons. The Morgan fingerprint density at radius 1 is 1.14 bits per heavy atom. The van der Waals surface area contributed by atoms with Crippen molar-refractivity contribution in [2.75, 3.05) is 0 Å². The van der Waals surface area contributed by atoms with Gasteiger partial charge >= 0.3 is 0 Å². The molecule has 0 amide bonds. The van der Waals surface area contributed by atoms with Gasteiger partial charge in [-0.15, -0.1) is 0 Å². The summed E-state index contributed by atoms with van der Waals surface area (Å²) in [5.74, 6) is 0. The molecule has 7 heavy (non-hydrogen) atoms. The van der Waals surface area contributed by atoms with E-state index in [-0.39, 0.29) is 6.42 Å². The lowest BCUT2D eigenvalue weighted by Crippen LogP contribution is -2.01. The first-order chi connectivity index (χ1) is 3.13. The third-order valence-corrected chi connectivity index (χ3v) is 0.650. The zero-order chi connectivity index (χ0) is 5.86. The molecule has 0 rings (SSSR count). The molecule has 0 aromatic heterocycles. The third kappa shape index (κ3) is 5.86. The number of hydrogen-bond acceptors (Lipinski definition) is 0. The Morgan fingerprint density at radius 2 is 1.43 bits per heavy atom. The summed E-state index contributed by atoms with van der Waals surface area (Å²) in [4.78, 5) is 0. The van der Waals surface area contributed by atoms with Crippen molar-refractivity contribution in [3.05, 3.63) is 0 Å². The van der Waals surface area contributed by atoms with E-state index in [2.05, 4.69) is 0 Å². The van der Waals surface area contributed by atoms with Crippen molar-refractivity contribution in [2.24, 2.45) is 0 Å². The summed E-state index contributed by atoms with van der Waals surface area (Å²) in [5.41, 5.74) is 0. The Kier molecular flexibility index (Phi) is 2.88. The minimum absolute atomic E-state index is 0.0278. The van der Waals surface area contributed by atoms with Crippen LogP contribution in [0, 0.1) is 0 Å². The Hall–Kier alpha value is -0.140. The lowest BCUT2D eigenvalue weighted by atomic mass is 10.2. The highest BCUT2D eigenvalue weighted by Crippen LogP contribution is 2.02. The van der Waals surface area contributed by atoms with Crippen LogP contribution in [-0.2, 0) is 0 Å². The molecule has 0 saturated carbocycles. The molecule has 0 aromatic rings. The molecule has 0 N–H and O–H groups in total. The molecule has 2 unspecified atom stereocenters. The summed E-state index contributed by atoms with van der Waals surface area (Å²) >= 11 is 0. The molecule has 2 heteroatoms. The molecule has 0 heterocycles. The van der Waals surface area contributed by atoms with Crippen LogP contribution in [0.25, 0.3) is 0 Å². The smallest absolute Gasteiger partial charge is 0.100 e. The van der Waals surface area contributed by atoms with Gasteiger partial charge in [-0.1, -0.05) is 0 Å². The van der Waals surface area contributed by atoms with E-state index in [0.717, 1.165) is 0 Å². The molecule has 44 valence electrons. The van der Waals surface area contributed by atoms with Crippen molar-refractivity contribution in [3.63, 3.8) is 0 Å². The molecule has 0 bridgehead atoms. The molecule has 0 saturated heterocycles. The van der Waals surface area contributed by atoms with Gasteiger partial charge in [0.1, 0.15) is 12.3 Å². The number of hydrogen-bond donors (Lipinski definition) is 0. The summed E-state index contributed by atoms with van der Waals surface area (Å²) < 4.78 is 23.4. The van der Waals surface area contributed by atoms with Gasteiger partial charge in [-0.2, -0.15) is 0 Å². The fourth-order valence-electron chi connectivity index (χ4n) is 0.448. The van der Waals surface area contributed by atoms with Crippen molar-refractivity contribution in [3.8, 4) is 0 Å². The zero-order valence-corrected chi connectivity index (χ0v) is 4.62. The van der Waals surface area contributed by atoms with Crippen LogP contribution in [0.4, 0.5) is 8.78 Å². The Morgan fingerprint density at radius 3 is 1.43 bits per heavy atom. The van der Waals surface area contributed by atoms with Crippen molar-refractivity contribution < 1.29 is 8.78 Å². The SMILES string of the molecule is CC(F)CC(C)F. The lowest BCUT2D eigenvalue weighted by Gasteiger charge is -1.99. The van der Waals surface area contributed by atoms with E-state index < -0.39 is 12.3 Å². The van der Waals surface area contributed by atoms with Gasteiger partial charge in [-0.25, -0.2) is 8.78 Å². The van der Waals surface area contributed by atoms with Crippen molar-refractivity contribution in [2.45, 2.75) is 32.6 Å². The van der Waals surface area contributed by atoms with E-state index in [9.17, 15) is 8.78 Å². The van der Waals surface area contributed by atoms with Crippen molar-refractivity contribution >= 4 is 0 Å². The highest BCUT2D eigenvalue weighted by molar-refractivity contribution is 4.52.